The van der Waals surface area contributed by atoms with Gasteiger partial charge in [0.1, 0.15) is 48.8 Å². The molecule has 11 N–H and O–H groups in total. The molecule has 7 aliphatic rings. The molecule has 24 atom stereocenters. The summed E-state index contributed by atoms with van der Waals surface area (Å²) >= 11 is 0. The first-order chi connectivity index (χ1) is 26.9. The predicted molar refractivity (Wildman–Crippen MR) is 192 cm³/mol. The predicted octanol–water partition coefficient (Wildman–Crippen LogP) is -2.09. The molecule has 0 radical (unpaired) electrons. The Hall–Kier alpha value is -0.980. The Bertz CT molecular complexity index is 1400. The van der Waals surface area contributed by atoms with E-state index in [4.69, 9.17) is 33.2 Å². The van der Waals surface area contributed by atoms with Crippen molar-refractivity contribution in [3.8, 4) is 0 Å². The lowest BCUT2D eigenvalue weighted by Crippen LogP contribution is -2.61. The van der Waals surface area contributed by atoms with E-state index in [9.17, 15) is 56.2 Å². The molecule has 7 rings (SSSR count). The summed E-state index contributed by atoms with van der Waals surface area (Å²) in [4.78, 5) is 0. The molecule has 18 heteroatoms. The van der Waals surface area contributed by atoms with E-state index in [-0.39, 0.29) is 22.9 Å². The van der Waals surface area contributed by atoms with Crippen molar-refractivity contribution in [3.63, 3.8) is 0 Å². The number of hydrogen-bond acceptors (Lipinski definition) is 18. The zero-order valence-electron chi connectivity index (χ0n) is 32.9. The molecule has 3 aliphatic heterocycles. The molecule has 3 heterocycles. The molecule has 4 aliphatic carbocycles. The fraction of sp³-hybridized carbons (Fsp3) is 0.949. The molecule has 0 aromatic rings. The lowest BCUT2D eigenvalue weighted by molar-refractivity contribution is -0.392. The minimum Gasteiger partial charge on any atom is -0.394 e. The number of hydrogen-bond donors (Lipinski definition) is 11. The van der Waals surface area contributed by atoms with Gasteiger partial charge in [0.15, 0.2) is 37.7 Å². The first-order valence-electron chi connectivity index (χ1n) is 20.6. The highest BCUT2D eigenvalue weighted by Crippen LogP contribution is 2.69. The van der Waals surface area contributed by atoms with Gasteiger partial charge in [-0.15, -0.1) is 0 Å². The van der Waals surface area contributed by atoms with Crippen LogP contribution in [0, 0.1) is 40.4 Å². The molecule has 0 spiro atoms. The number of aliphatic hydroxyl groups is 11. The summed E-state index contributed by atoms with van der Waals surface area (Å²) in [6.45, 7) is 6.54. The average Bonchev–Trinajstić information content (AvgIpc) is 3.64. The monoisotopic (exact) mass is 820 g/mol. The number of allylic oxidation sites excluding steroid dienone is 1. The quantitative estimate of drug-likeness (QED) is 0.0744. The summed E-state index contributed by atoms with van der Waals surface area (Å²) in [5, 5.41) is 114. The first kappa shape index (κ1) is 44.1. The Balaban J connectivity index is 1.10. The third kappa shape index (κ3) is 7.89. The van der Waals surface area contributed by atoms with E-state index in [0.717, 1.165) is 32.1 Å². The van der Waals surface area contributed by atoms with Crippen molar-refractivity contribution in [2.75, 3.05) is 13.2 Å². The van der Waals surface area contributed by atoms with Crippen molar-refractivity contribution in [2.45, 2.75) is 178 Å². The summed E-state index contributed by atoms with van der Waals surface area (Å²) in [5.41, 5.74) is 1.21. The fourth-order valence-electron chi connectivity index (χ4n) is 11.8. The topological polar surface area (TPSA) is 287 Å². The van der Waals surface area contributed by atoms with Gasteiger partial charge >= 0.3 is 0 Å². The molecule has 0 aromatic heterocycles. The highest BCUT2D eigenvalue weighted by Gasteiger charge is 2.65. The molecule has 57 heavy (non-hydrogen) atoms. The molecule has 24 unspecified atom stereocenters. The fourth-order valence-corrected chi connectivity index (χ4v) is 11.8. The molecular formula is C39H64O18. The van der Waals surface area contributed by atoms with Gasteiger partial charge in [-0.05, 0) is 86.4 Å². The average molecular weight is 821 g/mol. The van der Waals surface area contributed by atoms with Gasteiger partial charge in [-0.25, -0.2) is 0 Å². The van der Waals surface area contributed by atoms with Crippen LogP contribution in [0.4, 0.5) is 0 Å². The van der Waals surface area contributed by atoms with Crippen LogP contribution < -0.4 is 0 Å². The minimum absolute atomic E-state index is 0.0660. The summed E-state index contributed by atoms with van der Waals surface area (Å²) in [7, 11) is 0. The Kier molecular flexibility index (Phi) is 13.2. The molecule has 18 nitrogen and oxygen atoms in total. The Labute approximate surface area is 331 Å². The van der Waals surface area contributed by atoms with E-state index in [1.807, 2.05) is 0 Å². The SMILES string of the molecule is CC(O)C(OC1OC(O)C(O)C(O)C1O)C(OC1CCC2(C)C(=CCC3C2CCC2(C)C3CC3OC(O)C(C)C32)C1)OC(CO)OC1OC(CO)C(O)C(O)C1O. The van der Waals surface area contributed by atoms with Crippen LogP contribution in [0.5, 0.6) is 0 Å². The van der Waals surface area contributed by atoms with Crippen molar-refractivity contribution in [3.05, 3.63) is 11.6 Å². The highest BCUT2D eigenvalue weighted by atomic mass is 16.8. The Morgan fingerprint density at radius 3 is 2.14 bits per heavy atom. The van der Waals surface area contributed by atoms with Crippen LogP contribution in [0.2, 0.25) is 0 Å². The van der Waals surface area contributed by atoms with E-state index in [2.05, 4.69) is 26.8 Å². The van der Waals surface area contributed by atoms with Gasteiger partial charge < -0.3 is 89.3 Å². The smallest absolute Gasteiger partial charge is 0.189 e. The van der Waals surface area contributed by atoms with Crippen LogP contribution in [-0.2, 0) is 33.2 Å². The minimum atomic E-state index is -1.95. The number of aliphatic hydroxyl groups excluding tert-OH is 11. The summed E-state index contributed by atoms with van der Waals surface area (Å²) in [6, 6.07) is 0. The number of ether oxygens (including phenoxy) is 7. The number of fused-ring (bicyclic) bond motifs is 7. The third-order valence-electron chi connectivity index (χ3n) is 15.0. The van der Waals surface area contributed by atoms with Crippen LogP contribution in [0.1, 0.15) is 72.6 Å². The van der Waals surface area contributed by atoms with Crippen LogP contribution in [0.25, 0.3) is 0 Å². The van der Waals surface area contributed by atoms with E-state index in [1.165, 1.54) is 12.5 Å². The van der Waals surface area contributed by atoms with Crippen molar-refractivity contribution < 1.29 is 89.3 Å². The van der Waals surface area contributed by atoms with E-state index >= 15 is 0 Å². The van der Waals surface area contributed by atoms with Gasteiger partial charge in [-0.3, -0.25) is 0 Å². The summed E-state index contributed by atoms with van der Waals surface area (Å²) < 4.78 is 41.0. The molecule has 0 aromatic carbocycles. The lowest BCUT2D eigenvalue weighted by atomic mass is 9.47. The zero-order chi connectivity index (χ0) is 41.3. The van der Waals surface area contributed by atoms with Crippen molar-refractivity contribution in [1.82, 2.24) is 0 Å². The normalized spacial score (nSPS) is 51.8. The third-order valence-corrected chi connectivity index (χ3v) is 15.0. The second-order valence-electron chi connectivity index (χ2n) is 18.1. The Morgan fingerprint density at radius 2 is 1.47 bits per heavy atom. The molecule has 0 amide bonds. The van der Waals surface area contributed by atoms with Crippen molar-refractivity contribution in [2.24, 2.45) is 40.4 Å². The maximum atomic E-state index is 11.0. The van der Waals surface area contributed by atoms with Crippen LogP contribution in [0.15, 0.2) is 11.6 Å². The Morgan fingerprint density at radius 1 is 0.789 bits per heavy atom. The zero-order valence-corrected chi connectivity index (χ0v) is 32.9. The van der Waals surface area contributed by atoms with E-state index < -0.39 is 112 Å². The van der Waals surface area contributed by atoms with Gasteiger partial charge in [0.2, 0.25) is 0 Å². The molecule has 0 bridgehead atoms. The summed E-state index contributed by atoms with van der Waals surface area (Å²) in [6.07, 6.45) is -17.0. The van der Waals surface area contributed by atoms with Gasteiger partial charge in [0, 0.05) is 5.92 Å². The standard InChI is InChI=1S/C39H64O18/c1-15-25-22(52-33(15)49)12-21-19-6-5-17-11-18(7-9-38(17,3)20(19)8-10-39(21,25)4)51-37(32(16(2)42)56-36-31(48)28(45)29(46)34(50)57-36)55-24(14-41)54-35-30(47)27(44)26(43)23(13-40)53-35/h5,15-16,18-37,40-50H,6-14H2,1-4H3. The second-order valence-corrected chi connectivity index (χ2v) is 18.1. The van der Waals surface area contributed by atoms with Gasteiger partial charge in [0.05, 0.1) is 31.5 Å². The van der Waals surface area contributed by atoms with E-state index in [1.54, 1.807) is 0 Å². The molecule has 328 valence electrons. The first-order valence-corrected chi connectivity index (χ1v) is 20.6. The van der Waals surface area contributed by atoms with Crippen LogP contribution >= 0.6 is 0 Å². The van der Waals surface area contributed by atoms with Crippen LogP contribution in [-0.4, -0.2) is 174 Å². The maximum Gasteiger partial charge on any atom is 0.189 e. The van der Waals surface area contributed by atoms with Crippen LogP contribution in [0.3, 0.4) is 0 Å². The van der Waals surface area contributed by atoms with Gasteiger partial charge in [0.25, 0.3) is 0 Å². The van der Waals surface area contributed by atoms with Gasteiger partial charge in [-0.1, -0.05) is 32.4 Å². The van der Waals surface area contributed by atoms with E-state index in [0.29, 0.717) is 36.5 Å². The van der Waals surface area contributed by atoms with Crippen molar-refractivity contribution in [1.29, 1.82) is 0 Å². The molecule has 6 fully saturated rings. The largest absolute Gasteiger partial charge is 0.394 e. The molecular weight excluding hydrogens is 756 g/mol. The molecule has 3 saturated heterocycles. The second kappa shape index (κ2) is 17.1. The van der Waals surface area contributed by atoms with Crippen molar-refractivity contribution >= 4 is 0 Å². The number of rotatable bonds is 12. The maximum absolute atomic E-state index is 11.0. The highest BCUT2D eigenvalue weighted by molar-refractivity contribution is 5.26. The summed E-state index contributed by atoms with van der Waals surface area (Å²) in [5.74, 6) is 1.78. The van der Waals surface area contributed by atoms with Gasteiger partial charge in [-0.2, -0.15) is 0 Å². The molecule has 3 saturated carbocycles. The lowest BCUT2D eigenvalue weighted by Gasteiger charge is -2.58.